The van der Waals surface area contributed by atoms with E-state index in [2.05, 4.69) is 26.6 Å². The molecule has 1 aliphatic heterocycles. The Morgan fingerprint density at radius 1 is 1.17 bits per heavy atom. The van der Waals surface area contributed by atoms with Gasteiger partial charge in [-0.3, -0.25) is 4.79 Å². The molecular weight excluding hydrogens is 360 g/mol. The van der Waals surface area contributed by atoms with E-state index in [1.165, 1.54) is 0 Å². The van der Waals surface area contributed by atoms with Crippen molar-refractivity contribution in [2.24, 2.45) is 0 Å². The number of anilines is 2. The van der Waals surface area contributed by atoms with E-state index in [1.54, 1.807) is 0 Å². The normalized spacial score (nSPS) is 12.1. The summed E-state index contributed by atoms with van der Waals surface area (Å²) in [5.41, 5.74) is 2.76. The van der Waals surface area contributed by atoms with Crippen molar-refractivity contribution < 1.29 is 14.3 Å². The first kappa shape index (κ1) is 15.7. The van der Waals surface area contributed by atoms with E-state index in [9.17, 15) is 4.79 Å². The zero-order valence-corrected chi connectivity index (χ0v) is 14.3. The van der Waals surface area contributed by atoms with E-state index in [0.29, 0.717) is 13.0 Å². The van der Waals surface area contributed by atoms with Crippen LogP contribution in [0.1, 0.15) is 12.0 Å². The molecule has 0 saturated heterocycles. The van der Waals surface area contributed by atoms with Crippen molar-refractivity contribution in [1.82, 2.24) is 0 Å². The van der Waals surface area contributed by atoms with Gasteiger partial charge in [0.25, 0.3) is 0 Å². The third-order valence-corrected chi connectivity index (χ3v) is 4.01. The van der Waals surface area contributed by atoms with Crippen LogP contribution in [-0.4, -0.2) is 19.2 Å². The van der Waals surface area contributed by atoms with Gasteiger partial charge >= 0.3 is 0 Å². The van der Waals surface area contributed by atoms with Crippen LogP contribution in [0.4, 0.5) is 11.4 Å². The molecule has 0 saturated carbocycles. The Labute approximate surface area is 143 Å². The molecule has 0 unspecified atom stereocenters. The molecule has 1 heterocycles. The van der Waals surface area contributed by atoms with Gasteiger partial charge in [-0.1, -0.05) is 15.9 Å². The number of hydrogen-bond donors (Lipinski definition) is 2. The molecule has 0 bridgehead atoms. The molecule has 23 heavy (non-hydrogen) atoms. The lowest BCUT2D eigenvalue weighted by molar-refractivity contribution is -0.115. The topological polar surface area (TPSA) is 59.6 Å². The van der Waals surface area contributed by atoms with Gasteiger partial charge in [0, 0.05) is 34.9 Å². The monoisotopic (exact) mass is 376 g/mol. The maximum absolute atomic E-state index is 12.0. The van der Waals surface area contributed by atoms with Gasteiger partial charge in [0.15, 0.2) is 11.5 Å². The van der Waals surface area contributed by atoms with Gasteiger partial charge in [0.05, 0.1) is 0 Å². The molecule has 120 valence electrons. The van der Waals surface area contributed by atoms with Gasteiger partial charge in [0.2, 0.25) is 12.7 Å². The molecule has 0 aromatic heterocycles. The molecular formula is C17H17BrN2O3. The number of ether oxygens (including phenoxy) is 2. The lowest BCUT2D eigenvalue weighted by Crippen LogP contribution is -2.16. The highest BCUT2D eigenvalue weighted by atomic mass is 79.9. The minimum atomic E-state index is -0.0244. The predicted octanol–water partition coefficient (Wildman–Crippen LogP) is 3.93. The van der Waals surface area contributed by atoms with E-state index in [4.69, 9.17) is 9.47 Å². The predicted molar refractivity (Wildman–Crippen MR) is 93.2 cm³/mol. The number of aryl methyl sites for hydroxylation is 1. The maximum Gasteiger partial charge on any atom is 0.231 e. The molecule has 0 atom stereocenters. The van der Waals surface area contributed by atoms with Crippen LogP contribution in [0.25, 0.3) is 0 Å². The largest absolute Gasteiger partial charge is 0.454 e. The summed E-state index contributed by atoms with van der Waals surface area (Å²) in [6, 6.07) is 11.4. The fourth-order valence-corrected chi connectivity index (χ4v) is 2.78. The second-order valence-electron chi connectivity index (χ2n) is 5.25. The van der Waals surface area contributed by atoms with E-state index in [-0.39, 0.29) is 12.7 Å². The van der Waals surface area contributed by atoms with E-state index in [1.807, 2.05) is 43.3 Å². The molecule has 0 radical (unpaired) electrons. The number of rotatable bonds is 5. The summed E-state index contributed by atoms with van der Waals surface area (Å²) < 4.78 is 11.6. The molecule has 3 rings (SSSR count). The summed E-state index contributed by atoms with van der Waals surface area (Å²) in [4.78, 5) is 12.0. The van der Waals surface area contributed by atoms with Gasteiger partial charge in [-0.15, -0.1) is 0 Å². The van der Waals surface area contributed by atoms with Crippen molar-refractivity contribution in [3.8, 4) is 11.5 Å². The first-order valence-corrected chi connectivity index (χ1v) is 8.10. The SMILES string of the molecule is Cc1cc(Br)ccc1NC(=O)CCNc1ccc2c(c1)OCO2. The summed E-state index contributed by atoms with van der Waals surface area (Å²) in [6.07, 6.45) is 0.379. The molecule has 0 aliphatic carbocycles. The highest BCUT2D eigenvalue weighted by molar-refractivity contribution is 9.10. The van der Waals surface area contributed by atoms with Crippen LogP contribution >= 0.6 is 15.9 Å². The van der Waals surface area contributed by atoms with Crippen LogP contribution in [0.5, 0.6) is 11.5 Å². The van der Waals surface area contributed by atoms with Crippen molar-refractivity contribution in [3.63, 3.8) is 0 Å². The number of halogens is 1. The Kier molecular flexibility index (Phi) is 4.71. The Bertz CT molecular complexity index is 734. The van der Waals surface area contributed by atoms with Crippen LogP contribution in [0.2, 0.25) is 0 Å². The Hall–Kier alpha value is -2.21. The minimum Gasteiger partial charge on any atom is -0.454 e. The summed E-state index contributed by atoms with van der Waals surface area (Å²) in [6.45, 7) is 2.76. The number of hydrogen-bond acceptors (Lipinski definition) is 4. The molecule has 1 aliphatic rings. The van der Waals surface area contributed by atoms with Crippen LogP contribution in [0, 0.1) is 6.92 Å². The van der Waals surface area contributed by atoms with Crippen LogP contribution < -0.4 is 20.1 Å². The summed E-state index contributed by atoms with van der Waals surface area (Å²) >= 11 is 3.41. The molecule has 2 aromatic rings. The highest BCUT2D eigenvalue weighted by Gasteiger charge is 2.13. The van der Waals surface area contributed by atoms with Gasteiger partial charge in [0.1, 0.15) is 0 Å². The molecule has 6 heteroatoms. The van der Waals surface area contributed by atoms with Gasteiger partial charge in [-0.2, -0.15) is 0 Å². The quantitative estimate of drug-likeness (QED) is 0.829. The molecule has 0 fully saturated rings. The molecule has 0 spiro atoms. The van der Waals surface area contributed by atoms with Gasteiger partial charge < -0.3 is 20.1 Å². The van der Waals surface area contributed by atoms with E-state index < -0.39 is 0 Å². The smallest absolute Gasteiger partial charge is 0.231 e. The Balaban J connectivity index is 1.49. The second kappa shape index (κ2) is 6.91. The number of carbonyl (C=O) groups excluding carboxylic acids is 1. The fourth-order valence-electron chi connectivity index (χ4n) is 2.31. The number of fused-ring (bicyclic) bond motifs is 1. The van der Waals surface area contributed by atoms with Crippen LogP contribution in [0.15, 0.2) is 40.9 Å². The summed E-state index contributed by atoms with van der Waals surface area (Å²) in [5.74, 6) is 1.45. The average Bonchev–Trinajstić information content (AvgIpc) is 2.98. The average molecular weight is 377 g/mol. The fraction of sp³-hybridized carbons (Fsp3) is 0.235. The Morgan fingerprint density at radius 3 is 2.83 bits per heavy atom. The van der Waals surface area contributed by atoms with Gasteiger partial charge in [-0.05, 0) is 42.8 Å². The number of amides is 1. The van der Waals surface area contributed by atoms with Crippen LogP contribution in [0.3, 0.4) is 0 Å². The summed E-state index contributed by atoms with van der Waals surface area (Å²) in [5, 5.41) is 6.13. The number of carbonyl (C=O) groups is 1. The third kappa shape index (κ3) is 3.96. The van der Waals surface area contributed by atoms with Crippen molar-refractivity contribution in [3.05, 3.63) is 46.4 Å². The number of nitrogens with one attached hydrogen (secondary N) is 2. The second-order valence-corrected chi connectivity index (χ2v) is 6.17. The highest BCUT2D eigenvalue weighted by Crippen LogP contribution is 2.34. The third-order valence-electron chi connectivity index (χ3n) is 3.52. The first-order chi connectivity index (χ1) is 11.1. The molecule has 5 nitrogen and oxygen atoms in total. The lowest BCUT2D eigenvalue weighted by atomic mass is 10.2. The van der Waals surface area contributed by atoms with Crippen molar-refractivity contribution in [2.75, 3.05) is 24.0 Å². The molecule has 2 aromatic carbocycles. The summed E-state index contributed by atoms with van der Waals surface area (Å²) in [7, 11) is 0. The molecule has 1 amide bonds. The lowest BCUT2D eigenvalue weighted by Gasteiger charge is -2.10. The van der Waals surface area contributed by atoms with Crippen molar-refractivity contribution >= 4 is 33.2 Å². The zero-order chi connectivity index (χ0) is 16.2. The maximum atomic E-state index is 12.0. The first-order valence-electron chi connectivity index (χ1n) is 7.31. The zero-order valence-electron chi connectivity index (χ0n) is 12.7. The van der Waals surface area contributed by atoms with Crippen molar-refractivity contribution in [1.29, 1.82) is 0 Å². The van der Waals surface area contributed by atoms with E-state index >= 15 is 0 Å². The van der Waals surface area contributed by atoms with E-state index in [0.717, 1.165) is 32.9 Å². The van der Waals surface area contributed by atoms with Crippen LogP contribution in [-0.2, 0) is 4.79 Å². The molecule has 2 N–H and O–H groups in total. The van der Waals surface area contributed by atoms with Crippen molar-refractivity contribution in [2.45, 2.75) is 13.3 Å². The standard InChI is InChI=1S/C17H17BrN2O3/c1-11-8-12(18)2-4-14(11)20-17(21)6-7-19-13-3-5-15-16(9-13)23-10-22-15/h2-5,8-9,19H,6-7,10H2,1H3,(H,20,21). The van der Waals surface area contributed by atoms with Gasteiger partial charge in [-0.25, -0.2) is 0 Å². The minimum absolute atomic E-state index is 0.0244. The Morgan fingerprint density at radius 2 is 2.00 bits per heavy atom. The number of benzene rings is 2.